The molecule has 2 N–H and O–H groups in total. The van der Waals surface area contributed by atoms with E-state index in [1.54, 1.807) is 18.2 Å². The maximum absolute atomic E-state index is 9.26. The van der Waals surface area contributed by atoms with Gasteiger partial charge in [-0.3, -0.25) is 0 Å². The van der Waals surface area contributed by atoms with Crippen molar-refractivity contribution in [3.05, 3.63) is 23.8 Å². The first-order valence-corrected chi connectivity index (χ1v) is 4.79. The first-order valence-electron chi connectivity index (χ1n) is 4.79. The van der Waals surface area contributed by atoms with Gasteiger partial charge in [-0.25, -0.2) is 0 Å². The van der Waals surface area contributed by atoms with Gasteiger partial charge in [0.1, 0.15) is 12.5 Å². The molecule has 1 aromatic rings. The molecule has 0 aliphatic heterocycles. The second-order valence-corrected chi connectivity index (χ2v) is 3.16. The molecule has 0 radical (unpaired) electrons. The van der Waals surface area contributed by atoms with Gasteiger partial charge in [0.25, 0.3) is 0 Å². The normalized spacial score (nSPS) is 10.2. The smallest absolute Gasteiger partial charge is 0.492 e. The van der Waals surface area contributed by atoms with Gasteiger partial charge < -0.3 is 24.3 Å². The minimum Gasteiger partial charge on any atom is -0.497 e. The van der Waals surface area contributed by atoms with Gasteiger partial charge in [0.05, 0.1) is 13.7 Å². The summed E-state index contributed by atoms with van der Waals surface area (Å²) in [5, 5.41) is 18.5. The van der Waals surface area contributed by atoms with Gasteiger partial charge in [-0.05, 0) is 11.6 Å². The highest BCUT2D eigenvalue weighted by molar-refractivity contribution is 6.60. The quantitative estimate of drug-likeness (QED) is 0.388. The molecule has 0 fully saturated rings. The monoisotopic (exact) mass is 226 g/mol. The van der Waals surface area contributed by atoms with Crippen LogP contribution < -0.4 is 10.2 Å². The first kappa shape index (κ1) is 13.0. The summed E-state index contributed by atoms with van der Waals surface area (Å²) in [6, 6.07) is 5.16. The van der Waals surface area contributed by atoms with E-state index < -0.39 is 7.12 Å². The molecular formula is C10H15BO5. The zero-order valence-corrected chi connectivity index (χ0v) is 9.34. The van der Waals surface area contributed by atoms with Crippen molar-refractivity contribution in [3.8, 4) is 5.75 Å². The number of ether oxygens (including phenoxy) is 3. The third-order valence-electron chi connectivity index (χ3n) is 2.09. The SMILES string of the molecule is COCOCc1cccc(OC)c1B(O)O. The van der Waals surface area contributed by atoms with Gasteiger partial charge in [0.15, 0.2) is 0 Å². The van der Waals surface area contributed by atoms with Gasteiger partial charge in [-0.1, -0.05) is 12.1 Å². The molecule has 0 aliphatic carbocycles. The van der Waals surface area contributed by atoms with E-state index in [4.69, 9.17) is 14.2 Å². The third-order valence-corrected chi connectivity index (χ3v) is 2.09. The van der Waals surface area contributed by atoms with Crippen LogP contribution in [0.5, 0.6) is 5.75 Å². The molecule has 0 unspecified atom stereocenters. The lowest BCUT2D eigenvalue weighted by Crippen LogP contribution is -2.34. The van der Waals surface area contributed by atoms with Crippen LogP contribution in [0.3, 0.4) is 0 Å². The van der Waals surface area contributed by atoms with Crippen LogP contribution in [0.15, 0.2) is 18.2 Å². The Morgan fingerprint density at radius 1 is 1.25 bits per heavy atom. The van der Waals surface area contributed by atoms with Crippen LogP contribution >= 0.6 is 0 Å². The summed E-state index contributed by atoms with van der Waals surface area (Å²) < 4.78 is 14.9. The van der Waals surface area contributed by atoms with Crippen LogP contribution in [0.4, 0.5) is 0 Å². The Hall–Kier alpha value is -1.08. The van der Waals surface area contributed by atoms with E-state index in [0.29, 0.717) is 16.8 Å². The van der Waals surface area contributed by atoms with Crippen molar-refractivity contribution in [1.82, 2.24) is 0 Å². The molecule has 0 saturated carbocycles. The van der Waals surface area contributed by atoms with Crippen molar-refractivity contribution in [1.29, 1.82) is 0 Å². The number of hydrogen-bond acceptors (Lipinski definition) is 5. The number of benzene rings is 1. The average Bonchev–Trinajstić information content (AvgIpc) is 2.28. The van der Waals surface area contributed by atoms with Crippen LogP contribution in [-0.2, 0) is 16.1 Å². The molecule has 88 valence electrons. The summed E-state index contributed by atoms with van der Waals surface area (Å²) in [6.45, 7) is 0.385. The summed E-state index contributed by atoms with van der Waals surface area (Å²) in [6.07, 6.45) is 0. The average molecular weight is 226 g/mol. The second kappa shape index (κ2) is 6.50. The van der Waals surface area contributed by atoms with Crippen LogP contribution in [0.2, 0.25) is 0 Å². The van der Waals surface area contributed by atoms with Gasteiger partial charge >= 0.3 is 7.12 Å². The summed E-state index contributed by atoms with van der Waals surface area (Å²) in [5.74, 6) is 0.425. The Labute approximate surface area is 94.7 Å². The second-order valence-electron chi connectivity index (χ2n) is 3.16. The van der Waals surface area contributed by atoms with Crippen LogP contribution in [0, 0.1) is 0 Å². The zero-order valence-electron chi connectivity index (χ0n) is 9.34. The van der Waals surface area contributed by atoms with Crippen LogP contribution in [-0.4, -0.2) is 38.2 Å². The topological polar surface area (TPSA) is 68.2 Å². The van der Waals surface area contributed by atoms with Gasteiger partial charge in [0.2, 0.25) is 0 Å². The Bertz CT molecular complexity index is 329. The number of hydrogen-bond donors (Lipinski definition) is 2. The first-order chi connectivity index (χ1) is 7.70. The number of methoxy groups -OCH3 is 2. The minimum atomic E-state index is -1.59. The van der Waals surface area contributed by atoms with Crippen molar-refractivity contribution >= 4 is 12.6 Å². The molecule has 0 aromatic heterocycles. The molecule has 0 heterocycles. The zero-order chi connectivity index (χ0) is 12.0. The predicted molar refractivity (Wildman–Crippen MR) is 59.5 cm³/mol. The van der Waals surface area contributed by atoms with E-state index in [9.17, 15) is 10.0 Å². The van der Waals surface area contributed by atoms with E-state index in [2.05, 4.69) is 0 Å². The van der Waals surface area contributed by atoms with Crippen LogP contribution in [0.1, 0.15) is 5.56 Å². The van der Waals surface area contributed by atoms with Gasteiger partial charge in [-0.2, -0.15) is 0 Å². The Morgan fingerprint density at radius 3 is 2.56 bits per heavy atom. The Kier molecular flexibility index (Phi) is 5.27. The molecule has 0 bridgehead atoms. The maximum Gasteiger partial charge on any atom is 0.492 e. The molecule has 0 atom stereocenters. The Balaban J connectivity index is 2.89. The van der Waals surface area contributed by atoms with Crippen molar-refractivity contribution < 1.29 is 24.3 Å². The predicted octanol–water partition coefficient (Wildman–Crippen LogP) is -0.504. The fourth-order valence-corrected chi connectivity index (χ4v) is 1.42. The standard InChI is InChI=1S/C10H15BO5/c1-14-7-16-6-8-4-3-5-9(15-2)10(8)11(12)13/h3-5,12-13H,6-7H2,1-2H3. The highest BCUT2D eigenvalue weighted by Crippen LogP contribution is 2.11. The Morgan fingerprint density at radius 2 is 2.00 bits per heavy atom. The molecule has 0 amide bonds. The molecule has 1 rings (SSSR count). The van der Waals surface area contributed by atoms with Gasteiger partial charge in [0, 0.05) is 12.6 Å². The van der Waals surface area contributed by atoms with E-state index >= 15 is 0 Å². The van der Waals surface area contributed by atoms with Crippen molar-refractivity contribution in [2.45, 2.75) is 6.61 Å². The maximum atomic E-state index is 9.26. The lowest BCUT2D eigenvalue weighted by molar-refractivity contribution is -0.0389. The van der Waals surface area contributed by atoms with E-state index in [-0.39, 0.29) is 13.4 Å². The molecule has 0 spiro atoms. The highest BCUT2D eigenvalue weighted by Gasteiger charge is 2.20. The van der Waals surface area contributed by atoms with Crippen molar-refractivity contribution in [2.75, 3.05) is 21.0 Å². The van der Waals surface area contributed by atoms with E-state index in [1.807, 2.05) is 0 Å². The molecular weight excluding hydrogens is 211 g/mol. The highest BCUT2D eigenvalue weighted by atomic mass is 16.7. The minimum absolute atomic E-state index is 0.151. The third kappa shape index (κ3) is 3.21. The van der Waals surface area contributed by atoms with Crippen molar-refractivity contribution in [3.63, 3.8) is 0 Å². The molecule has 1 aromatic carbocycles. The summed E-state index contributed by atoms with van der Waals surface area (Å²) in [5.41, 5.74) is 0.979. The fraction of sp³-hybridized carbons (Fsp3) is 0.400. The number of rotatable bonds is 6. The largest absolute Gasteiger partial charge is 0.497 e. The lowest BCUT2D eigenvalue weighted by atomic mass is 9.76. The molecule has 0 saturated heterocycles. The van der Waals surface area contributed by atoms with Gasteiger partial charge in [-0.15, -0.1) is 0 Å². The molecule has 16 heavy (non-hydrogen) atoms. The summed E-state index contributed by atoms with van der Waals surface area (Å²) >= 11 is 0. The lowest BCUT2D eigenvalue weighted by Gasteiger charge is -2.13. The summed E-state index contributed by atoms with van der Waals surface area (Å²) in [7, 11) is 1.41. The fourth-order valence-electron chi connectivity index (χ4n) is 1.42. The molecule has 0 aliphatic rings. The van der Waals surface area contributed by atoms with Crippen LogP contribution in [0.25, 0.3) is 0 Å². The molecule has 6 heteroatoms. The molecule has 5 nitrogen and oxygen atoms in total. The summed E-state index contributed by atoms with van der Waals surface area (Å²) in [4.78, 5) is 0. The van der Waals surface area contributed by atoms with Crippen molar-refractivity contribution in [2.24, 2.45) is 0 Å². The van der Waals surface area contributed by atoms with E-state index in [0.717, 1.165) is 0 Å². The van der Waals surface area contributed by atoms with E-state index in [1.165, 1.54) is 14.2 Å².